The van der Waals surface area contributed by atoms with E-state index in [0.29, 0.717) is 31.3 Å². The Balaban J connectivity index is 2.16. The van der Waals surface area contributed by atoms with Crippen molar-refractivity contribution in [3.63, 3.8) is 0 Å². The largest absolute Gasteiger partial charge is 0.417 e. The van der Waals surface area contributed by atoms with Crippen molar-refractivity contribution in [2.45, 2.75) is 19.5 Å². The van der Waals surface area contributed by atoms with E-state index < -0.39 is 45.1 Å². The summed E-state index contributed by atoms with van der Waals surface area (Å²) in [5.41, 5.74) is -1.77. The van der Waals surface area contributed by atoms with Gasteiger partial charge in [0.25, 0.3) is 5.91 Å². The molecule has 0 aliphatic carbocycles. The topological polar surface area (TPSA) is 66.0 Å². The summed E-state index contributed by atoms with van der Waals surface area (Å²) in [6, 6.07) is 2.21. The summed E-state index contributed by atoms with van der Waals surface area (Å²) in [5.74, 6) is -2.79. The van der Waals surface area contributed by atoms with Crippen molar-refractivity contribution in [1.82, 2.24) is 10.3 Å². The lowest BCUT2D eigenvalue weighted by atomic mass is 10.2. The van der Waals surface area contributed by atoms with Crippen molar-refractivity contribution < 1.29 is 26.7 Å². The molecule has 0 atom stereocenters. The van der Waals surface area contributed by atoms with Crippen LogP contribution in [0.2, 0.25) is 5.02 Å². The first-order chi connectivity index (χ1) is 13.5. The third-order valence-corrected chi connectivity index (χ3v) is 3.96. The summed E-state index contributed by atoms with van der Waals surface area (Å²) in [6.45, 7) is 2.27. The van der Waals surface area contributed by atoms with Gasteiger partial charge in [-0.15, -0.1) is 0 Å². The minimum Gasteiger partial charge on any atom is -0.383 e. The molecule has 12 heteroatoms. The van der Waals surface area contributed by atoms with Crippen LogP contribution < -0.4 is 16.0 Å². The van der Waals surface area contributed by atoms with E-state index in [4.69, 9.17) is 23.8 Å². The number of hydrogen-bond acceptors (Lipinski definition) is 4. The number of hydrogen-bond donors (Lipinski definition) is 3. The van der Waals surface area contributed by atoms with Gasteiger partial charge in [0.05, 0.1) is 16.3 Å². The highest BCUT2D eigenvalue weighted by molar-refractivity contribution is 7.80. The summed E-state index contributed by atoms with van der Waals surface area (Å²) < 4.78 is 65.5. The monoisotopic (exact) mass is 452 g/mol. The standard InChI is InChI=1S/C17H14ClF5N4OS/c1-2-3-24-12-6-9(19)5-11(20)14(12)26-16(29)27-15(28)13-10(18)4-8(7-25-13)17(21,22)23/h4-7,24H,2-3H2,1H3,(H2,26,27,28,29). The van der Waals surface area contributed by atoms with E-state index in [1.165, 1.54) is 0 Å². The normalized spacial score (nSPS) is 11.1. The number of amides is 1. The predicted octanol–water partition coefficient (Wildman–Crippen LogP) is 4.98. The summed E-state index contributed by atoms with van der Waals surface area (Å²) in [6.07, 6.45) is -3.55. The number of rotatable bonds is 5. The van der Waals surface area contributed by atoms with Gasteiger partial charge in [0.15, 0.2) is 10.9 Å². The van der Waals surface area contributed by atoms with Crippen molar-refractivity contribution in [3.8, 4) is 0 Å². The quantitative estimate of drug-likeness (QED) is 0.441. The van der Waals surface area contributed by atoms with Gasteiger partial charge in [-0.3, -0.25) is 10.1 Å². The number of nitrogens with one attached hydrogen (secondary N) is 3. The second kappa shape index (κ2) is 9.31. The molecule has 156 valence electrons. The summed E-state index contributed by atoms with van der Waals surface area (Å²) in [4.78, 5) is 15.6. The summed E-state index contributed by atoms with van der Waals surface area (Å²) >= 11 is 10.6. The third-order valence-electron chi connectivity index (χ3n) is 3.47. The van der Waals surface area contributed by atoms with Crippen molar-refractivity contribution in [1.29, 1.82) is 0 Å². The zero-order valence-electron chi connectivity index (χ0n) is 14.8. The first-order valence-corrected chi connectivity index (χ1v) is 8.89. The number of nitrogens with zero attached hydrogens (tertiary/aromatic N) is 1. The lowest BCUT2D eigenvalue weighted by Crippen LogP contribution is -2.35. The highest BCUT2D eigenvalue weighted by Crippen LogP contribution is 2.31. The first kappa shape index (κ1) is 22.8. The molecule has 0 saturated carbocycles. The molecule has 0 bridgehead atoms. The van der Waals surface area contributed by atoms with Crippen LogP contribution >= 0.6 is 23.8 Å². The fourth-order valence-corrected chi connectivity index (χ4v) is 2.61. The van der Waals surface area contributed by atoms with Gasteiger partial charge in [-0.05, 0) is 30.8 Å². The molecular formula is C17H14ClF5N4OS. The Morgan fingerprint density at radius 3 is 2.52 bits per heavy atom. The van der Waals surface area contributed by atoms with Crippen molar-refractivity contribution in [2.75, 3.05) is 17.2 Å². The lowest BCUT2D eigenvalue weighted by molar-refractivity contribution is -0.137. The Morgan fingerprint density at radius 1 is 1.24 bits per heavy atom. The molecule has 0 aliphatic rings. The highest BCUT2D eigenvalue weighted by atomic mass is 35.5. The number of anilines is 2. The van der Waals surface area contributed by atoms with Crippen LogP contribution in [0.15, 0.2) is 24.4 Å². The van der Waals surface area contributed by atoms with Crippen LogP contribution in [-0.2, 0) is 6.18 Å². The third kappa shape index (κ3) is 5.97. The van der Waals surface area contributed by atoms with Crippen LogP contribution in [-0.4, -0.2) is 22.5 Å². The maximum absolute atomic E-state index is 14.1. The van der Waals surface area contributed by atoms with E-state index >= 15 is 0 Å². The Bertz CT molecular complexity index is 939. The van der Waals surface area contributed by atoms with E-state index in [-0.39, 0.29) is 11.4 Å². The Hall–Kier alpha value is -2.53. The minimum atomic E-state index is -4.68. The number of alkyl halides is 3. The van der Waals surface area contributed by atoms with Gasteiger partial charge in [0.2, 0.25) is 0 Å². The second-order valence-corrected chi connectivity index (χ2v) is 6.51. The number of carbonyl (C=O) groups excluding carboxylic acids is 1. The maximum atomic E-state index is 14.1. The molecule has 2 rings (SSSR count). The Labute approximate surface area is 172 Å². The van der Waals surface area contributed by atoms with Gasteiger partial charge in [0, 0.05) is 18.8 Å². The number of thiocarbonyl (C=S) groups is 1. The molecule has 29 heavy (non-hydrogen) atoms. The zero-order valence-corrected chi connectivity index (χ0v) is 16.3. The number of halogens is 6. The molecule has 1 heterocycles. The number of carbonyl (C=O) groups is 1. The van der Waals surface area contributed by atoms with Gasteiger partial charge < -0.3 is 10.6 Å². The van der Waals surface area contributed by atoms with Crippen molar-refractivity contribution in [2.24, 2.45) is 0 Å². The molecule has 0 aliphatic heterocycles. The molecular weight excluding hydrogens is 439 g/mol. The molecule has 2 aromatic rings. The molecule has 0 fully saturated rings. The smallest absolute Gasteiger partial charge is 0.383 e. The van der Waals surface area contributed by atoms with E-state index in [0.717, 1.165) is 6.07 Å². The molecule has 1 amide bonds. The first-order valence-electron chi connectivity index (χ1n) is 8.11. The van der Waals surface area contributed by atoms with Gasteiger partial charge in [-0.25, -0.2) is 13.8 Å². The molecule has 0 saturated heterocycles. The lowest BCUT2D eigenvalue weighted by Gasteiger charge is -2.16. The molecule has 1 aromatic heterocycles. The molecule has 3 N–H and O–H groups in total. The number of benzene rings is 1. The summed E-state index contributed by atoms with van der Waals surface area (Å²) in [5, 5.41) is 6.42. The van der Waals surface area contributed by atoms with E-state index in [2.05, 4.69) is 20.9 Å². The molecule has 0 unspecified atom stereocenters. The molecule has 5 nitrogen and oxygen atoms in total. The average molecular weight is 453 g/mol. The Morgan fingerprint density at radius 2 is 1.93 bits per heavy atom. The maximum Gasteiger partial charge on any atom is 0.417 e. The van der Waals surface area contributed by atoms with Crippen LogP contribution in [0, 0.1) is 11.6 Å². The molecule has 1 aromatic carbocycles. The van der Waals surface area contributed by atoms with Crippen LogP contribution in [0.1, 0.15) is 29.4 Å². The number of pyridine rings is 1. The van der Waals surface area contributed by atoms with E-state index in [1.54, 1.807) is 0 Å². The molecule has 0 radical (unpaired) electrons. The van der Waals surface area contributed by atoms with E-state index in [9.17, 15) is 26.7 Å². The van der Waals surface area contributed by atoms with Crippen LogP contribution in [0.4, 0.5) is 33.3 Å². The summed E-state index contributed by atoms with van der Waals surface area (Å²) in [7, 11) is 0. The fraction of sp³-hybridized carbons (Fsp3) is 0.235. The SMILES string of the molecule is CCCNc1cc(F)cc(F)c1NC(=S)NC(=O)c1ncc(C(F)(F)F)cc1Cl. The number of aromatic nitrogens is 1. The molecule has 0 spiro atoms. The minimum absolute atomic E-state index is 0.0756. The Kier molecular flexibility index (Phi) is 7.31. The van der Waals surface area contributed by atoms with E-state index in [1.807, 2.05) is 6.92 Å². The van der Waals surface area contributed by atoms with Crippen molar-refractivity contribution >= 4 is 46.2 Å². The van der Waals surface area contributed by atoms with Gasteiger partial charge in [0.1, 0.15) is 17.2 Å². The van der Waals surface area contributed by atoms with Crippen LogP contribution in [0.3, 0.4) is 0 Å². The zero-order chi connectivity index (χ0) is 21.8. The van der Waals surface area contributed by atoms with Crippen molar-refractivity contribution in [3.05, 3.63) is 52.3 Å². The second-order valence-electron chi connectivity index (χ2n) is 5.70. The predicted molar refractivity (Wildman–Crippen MR) is 103 cm³/mol. The average Bonchev–Trinajstić information content (AvgIpc) is 2.61. The fourth-order valence-electron chi connectivity index (χ4n) is 2.17. The van der Waals surface area contributed by atoms with Crippen LogP contribution in [0.25, 0.3) is 0 Å². The van der Waals surface area contributed by atoms with Gasteiger partial charge in [-0.2, -0.15) is 13.2 Å². The van der Waals surface area contributed by atoms with Crippen LogP contribution in [0.5, 0.6) is 0 Å². The van der Waals surface area contributed by atoms with Gasteiger partial charge >= 0.3 is 6.18 Å². The van der Waals surface area contributed by atoms with Gasteiger partial charge in [-0.1, -0.05) is 18.5 Å². The highest BCUT2D eigenvalue weighted by Gasteiger charge is 2.32.